The number of carboxylic acid groups (broad SMARTS) is 1. The van der Waals surface area contributed by atoms with Gasteiger partial charge in [0.2, 0.25) is 0 Å². The first kappa shape index (κ1) is 28.4. The Morgan fingerprint density at radius 2 is 1.73 bits per heavy atom. The molecule has 0 spiro atoms. The van der Waals surface area contributed by atoms with Gasteiger partial charge in [-0.25, -0.2) is 4.39 Å². The number of benzene rings is 2. The number of carboxylic acids is 1. The molecule has 0 saturated carbocycles. The number of hydrogen-bond acceptors (Lipinski definition) is 4. The molecule has 0 amide bonds. The van der Waals surface area contributed by atoms with Crippen molar-refractivity contribution in [3.05, 3.63) is 101 Å². The maximum Gasteiger partial charge on any atom is 0.321 e. The molecule has 3 atom stereocenters. The Morgan fingerprint density at radius 3 is 2.40 bits per heavy atom. The number of halogens is 1. The van der Waals surface area contributed by atoms with Crippen molar-refractivity contribution in [2.75, 3.05) is 32.7 Å². The van der Waals surface area contributed by atoms with Gasteiger partial charge in [0.05, 0.1) is 0 Å². The van der Waals surface area contributed by atoms with E-state index in [1.165, 1.54) is 22.8 Å². The molecule has 2 fully saturated rings. The Hall–Kier alpha value is -3.09. The summed E-state index contributed by atoms with van der Waals surface area (Å²) in [6.45, 7) is 10.2. The van der Waals surface area contributed by atoms with E-state index in [-0.39, 0.29) is 17.7 Å². The third-order valence-electron chi connectivity index (χ3n) is 8.78. The molecule has 6 heteroatoms. The standard InChI is InChI=1S/C34H42FN3O2/c1-34(2,3)32(33(39)40)38-22-29(31(23-38)27-10-7-11-30(35)18-27)21-37-14-12-26(13-15-37)28-17-25(19-36-20-28)16-24-8-5-4-6-9-24/h4-11,17-20,26,29,31-32H,12-16,21-23H2,1-3H3,(H,39,40)/t29-,31+,32-/m0/s1. The lowest BCUT2D eigenvalue weighted by atomic mass is 9.85. The minimum absolute atomic E-state index is 0.108. The molecule has 2 aromatic carbocycles. The number of aromatic nitrogens is 1. The van der Waals surface area contributed by atoms with E-state index in [0.717, 1.165) is 44.5 Å². The van der Waals surface area contributed by atoms with E-state index in [1.54, 1.807) is 12.1 Å². The van der Waals surface area contributed by atoms with E-state index in [0.29, 0.717) is 19.0 Å². The highest BCUT2D eigenvalue weighted by atomic mass is 19.1. The second-order valence-electron chi connectivity index (χ2n) is 12.8. The normalized spacial score (nSPS) is 21.9. The average molecular weight is 544 g/mol. The molecule has 0 bridgehead atoms. The predicted octanol–water partition coefficient (Wildman–Crippen LogP) is 6.21. The molecule has 3 aromatic rings. The average Bonchev–Trinajstić information content (AvgIpc) is 3.31. The van der Waals surface area contributed by atoms with Crippen molar-refractivity contribution >= 4 is 5.97 Å². The monoisotopic (exact) mass is 543 g/mol. The highest BCUT2D eigenvalue weighted by Gasteiger charge is 2.44. The molecule has 212 valence electrons. The molecule has 40 heavy (non-hydrogen) atoms. The minimum Gasteiger partial charge on any atom is -0.480 e. The topological polar surface area (TPSA) is 56.7 Å². The molecular formula is C34H42FN3O2. The van der Waals surface area contributed by atoms with Crippen LogP contribution in [-0.2, 0) is 11.2 Å². The Morgan fingerprint density at radius 1 is 0.975 bits per heavy atom. The molecule has 2 aliphatic rings. The van der Waals surface area contributed by atoms with Gasteiger partial charge in [-0.2, -0.15) is 0 Å². The maximum absolute atomic E-state index is 14.2. The minimum atomic E-state index is -0.782. The van der Waals surface area contributed by atoms with Crippen molar-refractivity contribution in [1.29, 1.82) is 0 Å². The number of pyridine rings is 1. The number of aliphatic carboxylic acids is 1. The van der Waals surface area contributed by atoms with Crippen LogP contribution in [0.5, 0.6) is 0 Å². The van der Waals surface area contributed by atoms with E-state index >= 15 is 0 Å². The van der Waals surface area contributed by atoms with Crippen molar-refractivity contribution in [3.8, 4) is 0 Å². The Labute approximate surface area is 238 Å². The molecule has 2 aliphatic heterocycles. The molecule has 0 unspecified atom stereocenters. The van der Waals surface area contributed by atoms with E-state index in [2.05, 4.69) is 45.1 Å². The van der Waals surface area contributed by atoms with Gasteiger partial charge in [0.1, 0.15) is 11.9 Å². The number of likely N-dealkylation sites (tertiary alicyclic amines) is 2. The SMILES string of the molecule is CC(C)(C)[C@H](C(=O)O)N1C[C@H](CN2CCC(c3cncc(Cc4ccccc4)c3)CC2)[C@@H](c2cccc(F)c2)C1. The van der Waals surface area contributed by atoms with Crippen LogP contribution in [0.25, 0.3) is 0 Å². The van der Waals surface area contributed by atoms with Gasteiger partial charge in [0.25, 0.3) is 0 Å². The summed E-state index contributed by atoms with van der Waals surface area (Å²) in [5, 5.41) is 10.1. The largest absolute Gasteiger partial charge is 0.480 e. The van der Waals surface area contributed by atoms with Crippen molar-refractivity contribution in [3.63, 3.8) is 0 Å². The zero-order valence-corrected chi connectivity index (χ0v) is 24.0. The van der Waals surface area contributed by atoms with Crippen molar-refractivity contribution in [2.24, 2.45) is 11.3 Å². The fourth-order valence-electron chi connectivity index (χ4n) is 6.93. The number of hydrogen-bond donors (Lipinski definition) is 1. The summed E-state index contributed by atoms with van der Waals surface area (Å²) in [6, 6.07) is 19.2. The second kappa shape index (κ2) is 12.2. The lowest BCUT2D eigenvalue weighted by Gasteiger charge is -2.36. The molecule has 5 rings (SSSR count). The van der Waals surface area contributed by atoms with E-state index < -0.39 is 17.4 Å². The number of piperidine rings is 1. The summed E-state index contributed by atoms with van der Waals surface area (Å²) in [5.41, 5.74) is 4.46. The van der Waals surface area contributed by atoms with Gasteiger partial charge in [-0.05, 0) is 84.0 Å². The van der Waals surface area contributed by atoms with Crippen LogP contribution in [-0.4, -0.2) is 64.6 Å². The van der Waals surface area contributed by atoms with Crippen LogP contribution in [0.3, 0.4) is 0 Å². The first-order valence-electron chi connectivity index (χ1n) is 14.6. The van der Waals surface area contributed by atoms with Gasteiger partial charge in [0, 0.05) is 37.9 Å². The highest BCUT2D eigenvalue weighted by Crippen LogP contribution is 2.39. The van der Waals surface area contributed by atoms with Crippen LogP contribution < -0.4 is 0 Å². The van der Waals surface area contributed by atoms with Crippen molar-refractivity contribution in [1.82, 2.24) is 14.8 Å². The summed E-state index contributed by atoms with van der Waals surface area (Å²) in [5.74, 6) is -0.162. The smallest absolute Gasteiger partial charge is 0.321 e. The van der Waals surface area contributed by atoms with E-state index in [9.17, 15) is 14.3 Å². The molecule has 1 aromatic heterocycles. The Bertz CT molecular complexity index is 1280. The fourth-order valence-corrected chi connectivity index (χ4v) is 6.93. The molecule has 1 N–H and O–H groups in total. The highest BCUT2D eigenvalue weighted by molar-refractivity contribution is 5.74. The molecule has 0 radical (unpaired) electrons. The van der Waals surface area contributed by atoms with Gasteiger partial charge in [0.15, 0.2) is 0 Å². The van der Waals surface area contributed by atoms with Gasteiger partial charge in [-0.1, -0.05) is 69.3 Å². The molecule has 2 saturated heterocycles. The lowest BCUT2D eigenvalue weighted by molar-refractivity contribution is -0.147. The first-order valence-corrected chi connectivity index (χ1v) is 14.6. The predicted molar refractivity (Wildman–Crippen MR) is 157 cm³/mol. The summed E-state index contributed by atoms with van der Waals surface area (Å²) in [4.78, 5) is 21.5. The zero-order chi connectivity index (χ0) is 28.3. The summed E-state index contributed by atoms with van der Waals surface area (Å²) >= 11 is 0. The van der Waals surface area contributed by atoms with Crippen molar-refractivity contribution in [2.45, 2.75) is 57.9 Å². The number of rotatable bonds is 8. The summed E-state index contributed by atoms with van der Waals surface area (Å²) < 4.78 is 14.2. The van der Waals surface area contributed by atoms with Crippen LogP contribution in [0.2, 0.25) is 0 Å². The fraction of sp³-hybridized carbons (Fsp3) is 0.471. The molecule has 5 nitrogen and oxygen atoms in total. The lowest BCUT2D eigenvalue weighted by Crippen LogP contribution is -2.48. The second-order valence-corrected chi connectivity index (χ2v) is 12.8. The van der Waals surface area contributed by atoms with E-state index in [1.807, 2.05) is 45.3 Å². The van der Waals surface area contributed by atoms with Crippen LogP contribution in [0.1, 0.15) is 67.7 Å². The Kier molecular flexibility index (Phi) is 8.67. The molecule has 0 aliphatic carbocycles. The van der Waals surface area contributed by atoms with Crippen molar-refractivity contribution < 1.29 is 14.3 Å². The van der Waals surface area contributed by atoms with Crippen LogP contribution in [0, 0.1) is 17.2 Å². The quantitative estimate of drug-likeness (QED) is 0.366. The summed E-state index contributed by atoms with van der Waals surface area (Å²) in [6.07, 6.45) is 7.06. The number of nitrogens with zero attached hydrogens (tertiary/aromatic N) is 3. The van der Waals surface area contributed by atoms with Crippen LogP contribution >= 0.6 is 0 Å². The molecular weight excluding hydrogens is 501 g/mol. The third kappa shape index (κ3) is 6.79. The number of carbonyl (C=O) groups is 1. The molecule has 3 heterocycles. The summed E-state index contributed by atoms with van der Waals surface area (Å²) in [7, 11) is 0. The van der Waals surface area contributed by atoms with Gasteiger partial charge < -0.3 is 10.0 Å². The first-order chi connectivity index (χ1) is 19.2. The maximum atomic E-state index is 14.2. The van der Waals surface area contributed by atoms with Crippen LogP contribution in [0.4, 0.5) is 4.39 Å². The van der Waals surface area contributed by atoms with Crippen LogP contribution in [0.15, 0.2) is 73.1 Å². The third-order valence-corrected chi connectivity index (χ3v) is 8.78. The zero-order valence-electron chi connectivity index (χ0n) is 24.0. The van der Waals surface area contributed by atoms with Gasteiger partial charge in [-0.3, -0.25) is 14.7 Å². The van der Waals surface area contributed by atoms with Gasteiger partial charge >= 0.3 is 5.97 Å². The Balaban J connectivity index is 1.25. The van der Waals surface area contributed by atoms with Gasteiger partial charge in [-0.15, -0.1) is 0 Å². The van der Waals surface area contributed by atoms with E-state index in [4.69, 9.17) is 0 Å².